The summed E-state index contributed by atoms with van der Waals surface area (Å²) in [5.74, 6) is -0.344. The summed E-state index contributed by atoms with van der Waals surface area (Å²) in [7, 11) is 0. The van der Waals surface area contributed by atoms with Crippen molar-refractivity contribution in [2.75, 3.05) is 32.0 Å². The molecule has 4 nitrogen and oxygen atoms in total. The number of ether oxygens (including phenoxy) is 1. The number of hydrogen-bond donors (Lipinski definition) is 1. The Balaban J connectivity index is 2.53. The summed E-state index contributed by atoms with van der Waals surface area (Å²) in [6.45, 7) is 9.17. The number of nitrogen functional groups attached to an aromatic ring is 1. The highest BCUT2D eigenvalue weighted by atomic mass is 16.5. The number of nitrogens with two attached hydrogens (primary N) is 1. The largest absolute Gasteiger partial charge is 0.461 e. The summed E-state index contributed by atoms with van der Waals surface area (Å²) in [5.41, 5.74) is 7.68. The Morgan fingerprint density at radius 3 is 2.61 bits per heavy atom. The van der Waals surface area contributed by atoms with Crippen molar-refractivity contribution in [1.29, 1.82) is 0 Å². The third-order valence-electron chi connectivity index (χ3n) is 2.96. The van der Waals surface area contributed by atoms with Gasteiger partial charge in [0, 0.05) is 12.2 Å². The molecule has 0 saturated carbocycles. The van der Waals surface area contributed by atoms with Gasteiger partial charge in [-0.05, 0) is 32.1 Å². The number of rotatable bonds is 6. The number of carbonyl (C=O) groups excluding carboxylic acids is 1. The number of benzene rings is 1. The van der Waals surface area contributed by atoms with Crippen LogP contribution < -0.4 is 5.73 Å². The van der Waals surface area contributed by atoms with Crippen molar-refractivity contribution in [2.45, 2.75) is 20.8 Å². The Morgan fingerprint density at radius 2 is 2.00 bits per heavy atom. The fraction of sp³-hybridized carbons (Fsp3) is 0.500. The SMILES string of the molecule is CCN(CC)CCOC(=O)c1cc(C)ccc1N. The van der Waals surface area contributed by atoms with Crippen LogP contribution in [0.5, 0.6) is 0 Å². The number of likely N-dealkylation sites (N-methyl/N-ethyl adjacent to an activating group) is 1. The summed E-state index contributed by atoms with van der Waals surface area (Å²) < 4.78 is 5.24. The molecular formula is C14H22N2O2. The molecule has 0 heterocycles. The van der Waals surface area contributed by atoms with Crippen molar-refractivity contribution in [3.63, 3.8) is 0 Å². The first-order chi connectivity index (χ1) is 8.58. The Morgan fingerprint density at radius 1 is 1.33 bits per heavy atom. The quantitative estimate of drug-likeness (QED) is 0.620. The van der Waals surface area contributed by atoms with Crippen molar-refractivity contribution in [3.8, 4) is 0 Å². The van der Waals surface area contributed by atoms with E-state index in [0.717, 1.165) is 25.2 Å². The molecule has 0 aromatic heterocycles. The maximum atomic E-state index is 11.9. The van der Waals surface area contributed by atoms with Crippen LogP contribution in [0.15, 0.2) is 18.2 Å². The third-order valence-corrected chi connectivity index (χ3v) is 2.96. The highest BCUT2D eigenvalue weighted by Gasteiger charge is 2.11. The van der Waals surface area contributed by atoms with E-state index in [4.69, 9.17) is 10.5 Å². The first-order valence-electron chi connectivity index (χ1n) is 6.34. The molecule has 0 amide bonds. The number of esters is 1. The standard InChI is InChI=1S/C14H22N2O2/c1-4-16(5-2)8-9-18-14(17)12-10-11(3)6-7-13(12)15/h6-7,10H,4-5,8-9,15H2,1-3H3. The predicted octanol–water partition coefficient (Wildman–Crippen LogP) is 2.08. The van der Waals surface area contributed by atoms with Crippen LogP contribution in [0.3, 0.4) is 0 Å². The molecular weight excluding hydrogens is 228 g/mol. The molecule has 0 fully saturated rings. The molecule has 0 saturated heterocycles. The van der Waals surface area contributed by atoms with Crippen LogP contribution in [0.4, 0.5) is 5.69 Å². The van der Waals surface area contributed by atoms with E-state index in [2.05, 4.69) is 18.7 Å². The van der Waals surface area contributed by atoms with Crippen LogP contribution in [0, 0.1) is 6.92 Å². The zero-order valence-electron chi connectivity index (χ0n) is 11.4. The molecule has 0 aliphatic heterocycles. The Labute approximate surface area is 109 Å². The van der Waals surface area contributed by atoms with E-state index in [1.807, 2.05) is 13.0 Å². The van der Waals surface area contributed by atoms with Gasteiger partial charge in [0.05, 0.1) is 5.56 Å². The molecule has 1 aromatic rings. The molecule has 1 rings (SSSR count). The van der Waals surface area contributed by atoms with Gasteiger partial charge in [-0.15, -0.1) is 0 Å². The molecule has 0 atom stereocenters. The number of nitrogens with zero attached hydrogens (tertiary/aromatic N) is 1. The van der Waals surface area contributed by atoms with Gasteiger partial charge in [0.15, 0.2) is 0 Å². The lowest BCUT2D eigenvalue weighted by molar-refractivity contribution is 0.0467. The second-order valence-corrected chi connectivity index (χ2v) is 4.25. The summed E-state index contributed by atoms with van der Waals surface area (Å²) in [6.07, 6.45) is 0. The minimum absolute atomic E-state index is 0.344. The minimum Gasteiger partial charge on any atom is -0.461 e. The zero-order chi connectivity index (χ0) is 13.5. The number of carbonyl (C=O) groups is 1. The number of aryl methyl sites for hydroxylation is 1. The fourth-order valence-corrected chi connectivity index (χ4v) is 1.73. The van der Waals surface area contributed by atoms with Gasteiger partial charge in [-0.3, -0.25) is 0 Å². The molecule has 0 aliphatic carbocycles. The highest BCUT2D eigenvalue weighted by Crippen LogP contribution is 2.14. The maximum Gasteiger partial charge on any atom is 0.340 e. The molecule has 0 aliphatic rings. The van der Waals surface area contributed by atoms with Gasteiger partial charge in [-0.2, -0.15) is 0 Å². The highest BCUT2D eigenvalue weighted by molar-refractivity contribution is 5.95. The Kier molecular flexibility index (Phi) is 5.65. The molecule has 1 aromatic carbocycles. The summed E-state index contributed by atoms with van der Waals surface area (Å²) >= 11 is 0. The monoisotopic (exact) mass is 250 g/mol. The predicted molar refractivity (Wildman–Crippen MR) is 73.7 cm³/mol. The van der Waals surface area contributed by atoms with E-state index in [1.165, 1.54) is 0 Å². The first-order valence-corrected chi connectivity index (χ1v) is 6.34. The lowest BCUT2D eigenvalue weighted by atomic mass is 10.1. The molecule has 0 spiro atoms. The Bertz CT molecular complexity index is 401. The van der Waals surface area contributed by atoms with E-state index in [-0.39, 0.29) is 5.97 Å². The van der Waals surface area contributed by atoms with Gasteiger partial charge in [0.25, 0.3) is 0 Å². The van der Waals surface area contributed by atoms with Crippen LogP contribution in [0.2, 0.25) is 0 Å². The van der Waals surface area contributed by atoms with Crippen LogP contribution in [0.1, 0.15) is 29.8 Å². The zero-order valence-corrected chi connectivity index (χ0v) is 11.4. The van der Waals surface area contributed by atoms with Crippen LogP contribution in [0.25, 0.3) is 0 Å². The van der Waals surface area contributed by atoms with Crippen molar-refractivity contribution >= 4 is 11.7 Å². The van der Waals surface area contributed by atoms with Crippen LogP contribution >= 0.6 is 0 Å². The van der Waals surface area contributed by atoms with Gasteiger partial charge >= 0.3 is 5.97 Å². The van der Waals surface area contributed by atoms with Crippen molar-refractivity contribution in [2.24, 2.45) is 0 Å². The molecule has 100 valence electrons. The second kappa shape index (κ2) is 7.01. The maximum absolute atomic E-state index is 11.9. The lowest BCUT2D eigenvalue weighted by Gasteiger charge is -2.17. The van der Waals surface area contributed by atoms with Crippen LogP contribution in [-0.2, 0) is 4.74 Å². The van der Waals surface area contributed by atoms with E-state index < -0.39 is 0 Å². The number of anilines is 1. The smallest absolute Gasteiger partial charge is 0.340 e. The molecule has 2 N–H and O–H groups in total. The molecule has 0 unspecified atom stereocenters. The summed E-state index contributed by atoms with van der Waals surface area (Å²) in [4.78, 5) is 14.1. The molecule has 0 bridgehead atoms. The van der Waals surface area contributed by atoms with E-state index in [0.29, 0.717) is 17.9 Å². The normalized spacial score (nSPS) is 10.7. The topological polar surface area (TPSA) is 55.6 Å². The average molecular weight is 250 g/mol. The summed E-state index contributed by atoms with van der Waals surface area (Å²) in [6, 6.07) is 5.37. The van der Waals surface area contributed by atoms with E-state index in [1.54, 1.807) is 12.1 Å². The van der Waals surface area contributed by atoms with E-state index in [9.17, 15) is 4.79 Å². The third kappa shape index (κ3) is 4.04. The fourth-order valence-electron chi connectivity index (χ4n) is 1.73. The van der Waals surface area contributed by atoms with Gasteiger partial charge in [-0.1, -0.05) is 25.5 Å². The second-order valence-electron chi connectivity index (χ2n) is 4.25. The molecule has 4 heteroatoms. The molecule has 18 heavy (non-hydrogen) atoms. The van der Waals surface area contributed by atoms with Gasteiger partial charge in [0.2, 0.25) is 0 Å². The Hall–Kier alpha value is -1.55. The van der Waals surface area contributed by atoms with Crippen molar-refractivity contribution < 1.29 is 9.53 Å². The molecule has 0 radical (unpaired) electrons. The minimum atomic E-state index is -0.344. The number of hydrogen-bond acceptors (Lipinski definition) is 4. The van der Waals surface area contributed by atoms with Gasteiger partial charge in [0.1, 0.15) is 6.61 Å². The van der Waals surface area contributed by atoms with E-state index >= 15 is 0 Å². The van der Waals surface area contributed by atoms with Crippen LogP contribution in [-0.4, -0.2) is 37.1 Å². The first kappa shape index (κ1) is 14.5. The average Bonchev–Trinajstić information content (AvgIpc) is 2.37. The lowest BCUT2D eigenvalue weighted by Crippen LogP contribution is -2.28. The summed E-state index contributed by atoms with van der Waals surface area (Å²) in [5, 5.41) is 0. The van der Waals surface area contributed by atoms with Crippen molar-refractivity contribution in [3.05, 3.63) is 29.3 Å². The van der Waals surface area contributed by atoms with Crippen molar-refractivity contribution in [1.82, 2.24) is 4.90 Å². The van der Waals surface area contributed by atoms with Gasteiger partial charge in [-0.25, -0.2) is 4.79 Å². The van der Waals surface area contributed by atoms with Gasteiger partial charge < -0.3 is 15.4 Å².